The first-order valence-corrected chi connectivity index (χ1v) is 7.68. The first kappa shape index (κ1) is 15.4. The number of pyridine rings is 1. The summed E-state index contributed by atoms with van der Waals surface area (Å²) in [5.74, 6) is 1.55. The minimum Gasteiger partial charge on any atom is -0.437 e. The van der Waals surface area contributed by atoms with E-state index in [4.69, 9.17) is 27.9 Å². The number of rotatable bonds is 5. The van der Waals surface area contributed by atoms with Crippen LogP contribution in [0.25, 0.3) is 0 Å². The molecule has 20 heavy (non-hydrogen) atoms. The second-order valence-corrected chi connectivity index (χ2v) is 5.82. The molecule has 0 spiro atoms. The molecule has 0 aliphatic heterocycles. The van der Waals surface area contributed by atoms with Gasteiger partial charge >= 0.3 is 0 Å². The Kier molecular flexibility index (Phi) is 5.52. The van der Waals surface area contributed by atoms with Crippen molar-refractivity contribution in [2.45, 2.75) is 13.3 Å². The van der Waals surface area contributed by atoms with Gasteiger partial charge in [-0.3, -0.25) is 0 Å². The summed E-state index contributed by atoms with van der Waals surface area (Å²) >= 11 is 15.6. The first-order valence-electron chi connectivity index (χ1n) is 6.13. The Morgan fingerprint density at radius 3 is 2.75 bits per heavy atom. The van der Waals surface area contributed by atoms with Crippen LogP contribution in [-0.4, -0.2) is 11.5 Å². The number of nitrogens with one attached hydrogen (secondary N) is 1. The van der Waals surface area contributed by atoms with E-state index in [0.29, 0.717) is 27.5 Å². The quantitative estimate of drug-likeness (QED) is 0.720. The summed E-state index contributed by atoms with van der Waals surface area (Å²) in [6.45, 7) is 2.85. The van der Waals surface area contributed by atoms with Gasteiger partial charge in [-0.05, 0) is 30.7 Å². The third-order valence-electron chi connectivity index (χ3n) is 2.45. The monoisotopic (exact) mass is 374 g/mol. The largest absolute Gasteiger partial charge is 0.437 e. The second-order valence-electron chi connectivity index (χ2n) is 4.09. The van der Waals surface area contributed by atoms with Crippen LogP contribution in [0.4, 0.5) is 5.82 Å². The molecule has 6 heteroatoms. The van der Waals surface area contributed by atoms with Crippen LogP contribution in [0.2, 0.25) is 10.0 Å². The minimum atomic E-state index is 0.327. The van der Waals surface area contributed by atoms with Gasteiger partial charge in [0.1, 0.15) is 16.6 Å². The average Bonchev–Trinajstić information content (AvgIpc) is 2.40. The highest BCUT2D eigenvalue weighted by Crippen LogP contribution is 2.34. The lowest BCUT2D eigenvalue weighted by molar-refractivity contribution is 0.463. The SMILES string of the molecule is CCCNc1nc(Oc2cccc(Br)c2)c(Cl)cc1Cl. The minimum absolute atomic E-state index is 0.327. The molecule has 2 aromatic rings. The zero-order chi connectivity index (χ0) is 14.5. The van der Waals surface area contributed by atoms with Crippen LogP contribution in [0, 0.1) is 0 Å². The van der Waals surface area contributed by atoms with Crippen LogP contribution in [0.3, 0.4) is 0 Å². The first-order chi connectivity index (χ1) is 9.60. The summed E-state index contributed by atoms with van der Waals surface area (Å²) < 4.78 is 6.61. The number of nitrogens with zero attached hydrogens (tertiary/aromatic N) is 1. The Morgan fingerprint density at radius 2 is 2.05 bits per heavy atom. The van der Waals surface area contributed by atoms with E-state index in [1.807, 2.05) is 24.3 Å². The van der Waals surface area contributed by atoms with Crippen molar-refractivity contribution in [2.24, 2.45) is 0 Å². The number of aromatic nitrogens is 1. The zero-order valence-electron chi connectivity index (χ0n) is 10.8. The van der Waals surface area contributed by atoms with Gasteiger partial charge in [0, 0.05) is 11.0 Å². The molecule has 0 bridgehead atoms. The summed E-state index contributed by atoms with van der Waals surface area (Å²) in [4.78, 5) is 4.32. The van der Waals surface area contributed by atoms with Crippen molar-refractivity contribution in [1.82, 2.24) is 4.98 Å². The maximum atomic E-state index is 6.11. The number of hydrogen-bond acceptors (Lipinski definition) is 3. The van der Waals surface area contributed by atoms with Crippen molar-refractivity contribution in [2.75, 3.05) is 11.9 Å². The molecule has 0 aliphatic carbocycles. The van der Waals surface area contributed by atoms with E-state index in [1.165, 1.54) is 0 Å². The zero-order valence-corrected chi connectivity index (χ0v) is 13.9. The fourth-order valence-electron chi connectivity index (χ4n) is 1.53. The average molecular weight is 376 g/mol. The molecule has 1 heterocycles. The highest BCUT2D eigenvalue weighted by Gasteiger charge is 2.11. The van der Waals surface area contributed by atoms with E-state index in [1.54, 1.807) is 6.07 Å². The van der Waals surface area contributed by atoms with E-state index in [9.17, 15) is 0 Å². The lowest BCUT2D eigenvalue weighted by Gasteiger charge is -2.11. The van der Waals surface area contributed by atoms with Crippen molar-refractivity contribution in [3.8, 4) is 11.6 Å². The van der Waals surface area contributed by atoms with E-state index >= 15 is 0 Å². The van der Waals surface area contributed by atoms with E-state index in [0.717, 1.165) is 17.4 Å². The fraction of sp³-hybridized carbons (Fsp3) is 0.214. The van der Waals surface area contributed by atoms with E-state index in [-0.39, 0.29) is 0 Å². The Hall–Kier alpha value is -0.970. The molecule has 2 rings (SSSR count). The van der Waals surface area contributed by atoms with Crippen LogP contribution in [0.15, 0.2) is 34.8 Å². The van der Waals surface area contributed by atoms with Crippen molar-refractivity contribution >= 4 is 44.9 Å². The van der Waals surface area contributed by atoms with Gasteiger partial charge in [0.25, 0.3) is 0 Å². The van der Waals surface area contributed by atoms with Gasteiger partial charge in [-0.15, -0.1) is 0 Å². The fourth-order valence-corrected chi connectivity index (χ4v) is 2.37. The van der Waals surface area contributed by atoms with Crippen molar-refractivity contribution in [3.05, 3.63) is 44.8 Å². The smallest absolute Gasteiger partial charge is 0.240 e. The summed E-state index contributed by atoms with van der Waals surface area (Å²) in [7, 11) is 0. The summed E-state index contributed by atoms with van der Waals surface area (Å²) in [5, 5.41) is 3.99. The molecule has 1 aromatic carbocycles. The summed E-state index contributed by atoms with van der Waals surface area (Å²) in [6.07, 6.45) is 0.975. The van der Waals surface area contributed by atoms with Crippen LogP contribution in [0.5, 0.6) is 11.6 Å². The standard InChI is InChI=1S/C14H13BrCl2N2O/c1-2-6-18-13-11(16)8-12(17)14(19-13)20-10-5-3-4-9(15)7-10/h3-5,7-8H,2,6H2,1H3,(H,18,19). The molecule has 106 valence electrons. The molecule has 1 N–H and O–H groups in total. The molecule has 0 amide bonds. The molecule has 0 radical (unpaired) electrons. The molecule has 0 unspecified atom stereocenters. The Bertz CT molecular complexity index is 608. The number of anilines is 1. The van der Waals surface area contributed by atoms with Gasteiger partial charge < -0.3 is 10.1 Å². The highest BCUT2D eigenvalue weighted by atomic mass is 79.9. The summed E-state index contributed by atoms with van der Waals surface area (Å²) in [6, 6.07) is 9.08. The maximum absolute atomic E-state index is 6.11. The number of halogens is 3. The van der Waals surface area contributed by atoms with Crippen LogP contribution in [-0.2, 0) is 0 Å². The van der Waals surface area contributed by atoms with Gasteiger partial charge in [0.15, 0.2) is 0 Å². The van der Waals surface area contributed by atoms with Gasteiger partial charge in [-0.2, -0.15) is 4.98 Å². The molecule has 0 fully saturated rings. The predicted octanol–water partition coefficient (Wildman–Crippen LogP) is 5.77. The third kappa shape index (κ3) is 4.01. The number of benzene rings is 1. The number of hydrogen-bond donors (Lipinski definition) is 1. The molecular formula is C14H13BrCl2N2O. The number of ether oxygens (including phenoxy) is 1. The van der Waals surface area contributed by atoms with Crippen molar-refractivity contribution < 1.29 is 4.74 Å². The van der Waals surface area contributed by atoms with Crippen LogP contribution < -0.4 is 10.1 Å². The lowest BCUT2D eigenvalue weighted by Crippen LogP contribution is -2.03. The molecule has 0 saturated heterocycles. The third-order valence-corrected chi connectivity index (χ3v) is 3.50. The highest BCUT2D eigenvalue weighted by molar-refractivity contribution is 9.10. The Balaban J connectivity index is 2.26. The Morgan fingerprint density at radius 1 is 1.25 bits per heavy atom. The topological polar surface area (TPSA) is 34.2 Å². The molecule has 1 aromatic heterocycles. The van der Waals surface area contributed by atoms with Crippen LogP contribution in [0.1, 0.15) is 13.3 Å². The molecular weight excluding hydrogens is 363 g/mol. The van der Waals surface area contributed by atoms with Crippen molar-refractivity contribution in [3.63, 3.8) is 0 Å². The van der Waals surface area contributed by atoms with Gasteiger partial charge in [-0.25, -0.2) is 0 Å². The predicted molar refractivity (Wildman–Crippen MR) is 87.3 cm³/mol. The summed E-state index contributed by atoms with van der Waals surface area (Å²) in [5.41, 5.74) is 0. The maximum Gasteiger partial charge on any atom is 0.240 e. The second kappa shape index (κ2) is 7.16. The van der Waals surface area contributed by atoms with Gasteiger partial charge in [-0.1, -0.05) is 52.1 Å². The van der Waals surface area contributed by atoms with E-state index < -0.39 is 0 Å². The van der Waals surface area contributed by atoms with E-state index in [2.05, 4.69) is 33.2 Å². The molecule has 0 atom stereocenters. The van der Waals surface area contributed by atoms with Gasteiger partial charge in [0.05, 0.1) is 5.02 Å². The van der Waals surface area contributed by atoms with Crippen molar-refractivity contribution in [1.29, 1.82) is 0 Å². The normalized spacial score (nSPS) is 10.4. The Labute approximate surface area is 136 Å². The van der Waals surface area contributed by atoms with Crippen LogP contribution >= 0.6 is 39.1 Å². The van der Waals surface area contributed by atoms with Gasteiger partial charge in [0.2, 0.25) is 5.88 Å². The lowest BCUT2D eigenvalue weighted by atomic mass is 10.3. The molecule has 0 saturated carbocycles. The molecule has 3 nitrogen and oxygen atoms in total. The molecule has 0 aliphatic rings.